The van der Waals surface area contributed by atoms with E-state index in [-0.39, 0.29) is 17.9 Å². The van der Waals surface area contributed by atoms with Crippen molar-refractivity contribution in [2.45, 2.75) is 18.9 Å². The molecule has 7 nitrogen and oxygen atoms in total. The Labute approximate surface area is 170 Å². The van der Waals surface area contributed by atoms with E-state index in [1.165, 1.54) is 0 Å². The molecule has 1 N–H and O–H groups in total. The molecule has 2 amide bonds. The third-order valence-electron chi connectivity index (χ3n) is 5.45. The number of hydrogen-bond donors (Lipinski definition) is 1. The third-order valence-corrected chi connectivity index (χ3v) is 5.45. The van der Waals surface area contributed by atoms with Gasteiger partial charge < -0.3 is 19.9 Å². The summed E-state index contributed by atoms with van der Waals surface area (Å²) in [5.74, 6) is 0.804. The van der Waals surface area contributed by atoms with Crippen LogP contribution in [0.1, 0.15) is 33.6 Å². The standard InChI is InChI=1S/C22H26N4O3/c27-21(24-16-19-4-3-15-29-19)17-6-8-18(9-7-17)22(28)26-13-11-25(12-14-26)20-5-1-2-10-23-20/h1-2,5-10,19H,3-4,11-16H2,(H,24,27). The van der Waals surface area contributed by atoms with Gasteiger partial charge in [0.15, 0.2) is 0 Å². The molecule has 29 heavy (non-hydrogen) atoms. The zero-order valence-corrected chi connectivity index (χ0v) is 16.4. The van der Waals surface area contributed by atoms with Gasteiger partial charge in [0.25, 0.3) is 11.8 Å². The van der Waals surface area contributed by atoms with Gasteiger partial charge in [0.05, 0.1) is 6.10 Å². The highest BCUT2D eigenvalue weighted by Gasteiger charge is 2.23. The van der Waals surface area contributed by atoms with E-state index in [4.69, 9.17) is 4.74 Å². The van der Waals surface area contributed by atoms with Gasteiger partial charge in [-0.1, -0.05) is 6.07 Å². The fourth-order valence-corrected chi connectivity index (χ4v) is 3.74. The van der Waals surface area contributed by atoms with Crippen LogP contribution in [0.3, 0.4) is 0 Å². The van der Waals surface area contributed by atoms with E-state index in [1.54, 1.807) is 30.5 Å². The zero-order valence-electron chi connectivity index (χ0n) is 16.4. The van der Waals surface area contributed by atoms with Gasteiger partial charge in [0, 0.05) is 56.7 Å². The Morgan fingerprint density at radius 3 is 2.45 bits per heavy atom. The van der Waals surface area contributed by atoms with Crippen LogP contribution in [0.5, 0.6) is 0 Å². The number of ether oxygens (including phenoxy) is 1. The maximum absolute atomic E-state index is 12.8. The maximum atomic E-state index is 12.8. The Kier molecular flexibility index (Phi) is 6.05. The van der Waals surface area contributed by atoms with Crippen LogP contribution in [0.15, 0.2) is 48.7 Å². The number of nitrogens with zero attached hydrogens (tertiary/aromatic N) is 3. The molecule has 1 aromatic carbocycles. The molecule has 0 radical (unpaired) electrons. The van der Waals surface area contributed by atoms with Crippen molar-refractivity contribution in [1.82, 2.24) is 15.2 Å². The minimum Gasteiger partial charge on any atom is -0.376 e. The molecule has 4 rings (SSSR count). The number of rotatable bonds is 5. The number of nitrogens with one attached hydrogen (secondary N) is 1. The lowest BCUT2D eigenvalue weighted by Crippen LogP contribution is -2.49. The first-order valence-corrected chi connectivity index (χ1v) is 10.2. The predicted octanol–water partition coefficient (Wildman–Crippen LogP) is 1.95. The number of benzene rings is 1. The summed E-state index contributed by atoms with van der Waals surface area (Å²) in [5.41, 5.74) is 1.16. The van der Waals surface area contributed by atoms with Crippen LogP contribution in [0.2, 0.25) is 0 Å². The summed E-state index contributed by atoms with van der Waals surface area (Å²) in [7, 11) is 0. The average molecular weight is 394 g/mol. The normalized spacial score (nSPS) is 19.2. The molecular weight excluding hydrogens is 368 g/mol. The van der Waals surface area contributed by atoms with E-state index in [9.17, 15) is 9.59 Å². The van der Waals surface area contributed by atoms with Gasteiger partial charge in [-0.3, -0.25) is 9.59 Å². The molecule has 2 saturated heterocycles. The minimum absolute atomic E-state index is 0.00279. The van der Waals surface area contributed by atoms with Crippen LogP contribution in [-0.4, -0.2) is 67.1 Å². The van der Waals surface area contributed by atoms with Gasteiger partial charge in [-0.2, -0.15) is 0 Å². The monoisotopic (exact) mass is 394 g/mol. The van der Waals surface area contributed by atoms with Crippen molar-refractivity contribution in [3.63, 3.8) is 0 Å². The van der Waals surface area contributed by atoms with E-state index in [2.05, 4.69) is 15.2 Å². The second kappa shape index (κ2) is 9.05. The first kappa shape index (κ1) is 19.4. The second-order valence-corrected chi connectivity index (χ2v) is 7.39. The highest BCUT2D eigenvalue weighted by Crippen LogP contribution is 2.15. The van der Waals surface area contributed by atoms with Crippen molar-refractivity contribution in [2.75, 3.05) is 44.2 Å². The van der Waals surface area contributed by atoms with Gasteiger partial charge >= 0.3 is 0 Å². The number of carbonyl (C=O) groups is 2. The highest BCUT2D eigenvalue weighted by atomic mass is 16.5. The van der Waals surface area contributed by atoms with E-state index in [0.717, 1.165) is 38.4 Å². The van der Waals surface area contributed by atoms with E-state index in [0.29, 0.717) is 30.8 Å². The van der Waals surface area contributed by atoms with Crippen LogP contribution >= 0.6 is 0 Å². The van der Waals surface area contributed by atoms with Crippen molar-refractivity contribution in [3.8, 4) is 0 Å². The largest absolute Gasteiger partial charge is 0.376 e. The number of amides is 2. The van der Waals surface area contributed by atoms with Gasteiger partial charge in [-0.05, 0) is 49.2 Å². The smallest absolute Gasteiger partial charge is 0.253 e. The molecule has 2 aliphatic heterocycles. The van der Waals surface area contributed by atoms with Crippen LogP contribution in [0.4, 0.5) is 5.82 Å². The lowest BCUT2D eigenvalue weighted by atomic mass is 10.1. The summed E-state index contributed by atoms with van der Waals surface area (Å²) < 4.78 is 5.52. The molecule has 1 atom stereocenters. The predicted molar refractivity (Wildman–Crippen MR) is 110 cm³/mol. The van der Waals surface area contributed by atoms with Crippen LogP contribution in [0, 0.1) is 0 Å². The first-order chi connectivity index (χ1) is 14.2. The van der Waals surface area contributed by atoms with Crippen LogP contribution in [0.25, 0.3) is 0 Å². The molecular formula is C22H26N4O3. The number of hydrogen-bond acceptors (Lipinski definition) is 5. The molecule has 1 unspecified atom stereocenters. The van der Waals surface area contributed by atoms with Gasteiger partial charge in [0.2, 0.25) is 0 Å². The number of aromatic nitrogens is 1. The van der Waals surface area contributed by atoms with Gasteiger partial charge in [0.1, 0.15) is 5.82 Å². The van der Waals surface area contributed by atoms with Crippen molar-refractivity contribution < 1.29 is 14.3 Å². The Morgan fingerprint density at radius 2 is 1.79 bits per heavy atom. The van der Waals surface area contributed by atoms with Crippen molar-refractivity contribution in [2.24, 2.45) is 0 Å². The number of piperazine rings is 1. The highest BCUT2D eigenvalue weighted by molar-refractivity contribution is 5.97. The maximum Gasteiger partial charge on any atom is 0.253 e. The molecule has 3 heterocycles. The molecule has 0 spiro atoms. The summed E-state index contributed by atoms with van der Waals surface area (Å²) in [5, 5.41) is 2.90. The summed E-state index contributed by atoms with van der Waals surface area (Å²) >= 11 is 0. The summed E-state index contributed by atoms with van der Waals surface area (Å²) in [4.78, 5) is 33.5. The number of carbonyl (C=O) groups excluding carboxylic acids is 2. The summed E-state index contributed by atoms with van der Waals surface area (Å²) in [6, 6.07) is 12.7. The molecule has 0 bridgehead atoms. The third kappa shape index (κ3) is 4.74. The molecule has 2 fully saturated rings. The summed E-state index contributed by atoms with van der Waals surface area (Å²) in [6.45, 7) is 4.12. The van der Waals surface area contributed by atoms with E-state index < -0.39 is 0 Å². The Morgan fingerprint density at radius 1 is 1.03 bits per heavy atom. The van der Waals surface area contributed by atoms with Gasteiger partial charge in [-0.15, -0.1) is 0 Å². The zero-order chi connectivity index (χ0) is 20.1. The summed E-state index contributed by atoms with van der Waals surface area (Å²) in [6.07, 6.45) is 3.93. The van der Waals surface area contributed by atoms with Gasteiger partial charge in [-0.25, -0.2) is 4.98 Å². The molecule has 152 valence electrons. The fraction of sp³-hybridized carbons (Fsp3) is 0.409. The minimum atomic E-state index is -0.136. The molecule has 7 heteroatoms. The topological polar surface area (TPSA) is 74.8 Å². The van der Waals surface area contributed by atoms with Crippen molar-refractivity contribution in [3.05, 3.63) is 59.8 Å². The SMILES string of the molecule is O=C(NCC1CCCO1)c1ccc(C(=O)N2CCN(c3ccccn3)CC2)cc1. The average Bonchev–Trinajstić information content (AvgIpc) is 3.31. The quantitative estimate of drug-likeness (QED) is 0.839. The molecule has 2 aliphatic rings. The molecule has 1 aromatic heterocycles. The van der Waals surface area contributed by atoms with Crippen LogP contribution < -0.4 is 10.2 Å². The Bertz CT molecular complexity index is 827. The molecule has 2 aromatic rings. The fourth-order valence-electron chi connectivity index (χ4n) is 3.74. The Balaban J connectivity index is 1.29. The lowest BCUT2D eigenvalue weighted by molar-refractivity contribution is 0.0745. The molecule has 0 saturated carbocycles. The van der Waals surface area contributed by atoms with E-state index in [1.807, 2.05) is 23.1 Å². The first-order valence-electron chi connectivity index (χ1n) is 10.2. The van der Waals surface area contributed by atoms with Crippen molar-refractivity contribution >= 4 is 17.6 Å². The molecule has 0 aliphatic carbocycles. The number of anilines is 1. The Hall–Kier alpha value is -2.93. The lowest BCUT2D eigenvalue weighted by Gasteiger charge is -2.35. The second-order valence-electron chi connectivity index (χ2n) is 7.39. The number of pyridine rings is 1. The van der Waals surface area contributed by atoms with E-state index >= 15 is 0 Å². The van der Waals surface area contributed by atoms with Crippen LogP contribution in [-0.2, 0) is 4.74 Å². The van der Waals surface area contributed by atoms with Crippen molar-refractivity contribution in [1.29, 1.82) is 0 Å².